The van der Waals surface area contributed by atoms with Crippen LogP contribution >= 0.6 is 0 Å². The van der Waals surface area contributed by atoms with E-state index in [4.69, 9.17) is 18.9 Å². The third-order valence-corrected chi connectivity index (χ3v) is 6.88. The molecule has 9 nitrogen and oxygen atoms in total. The number of pyridine rings is 1. The molecular formula is C25H38FN3O6. The van der Waals surface area contributed by atoms with Gasteiger partial charge in [0, 0.05) is 26.8 Å². The molecule has 0 radical (unpaired) electrons. The zero-order chi connectivity index (χ0) is 25.4. The first-order valence-corrected chi connectivity index (χ1v) is 12.5. The van der Waals surface area contributed by atoms with Gasteiger partial charge in [-0.2, -0.15) is 0 Å². The smallest absolute Gasteiger partial charge is 0.331 e. The Bertz CT molecular complexity index is 860. The van der Waals surface area contributed by atoms with Crippen molar-refractivity contribution in [1.82, 2.24) is 10.3 Å². The number of anilines is 1. The van der Waals surface area contributed by atoms with Crippen molar-refractivity contribution in [3.63, 3.8) is 0 Å². The second-order valence-electron chi connectivity index (χ2n) is 9.08. The van der Waals surface area contributed by atoms with Crippen LogP contribution in [0.4, 0.5) is 10.1 Å². The molecule has 0 spiro atoms. The number of nitrogens with one attached hydrogen (secondary N) is 1. The molecule has 1 aromatic rings. The average molecular weight is 496 g/mol. The zero-order valence-corrected chi connectivity index (χ0v) is 21.2. The molecule has 2 aliphatic rings. The number of nitrogens with zero attached hydrogens (tertiary/aromatic N) is 2. The minimum absolute atomic E-state index is 0.116. The lowest BCUT2D eigenvalue weighted by Gasteiger charge is -2.40. The van der Waals surface area contributed by atoms with Gasteiger partial charge in [0.25, 0.3) is 5.91 Å². The summed E-state index contributed by atoms with van der Waals surface area (Å²) in [6.07, 6.45) is 1.89. The first-order chi connectivity index (χ1) is 16.9. The number of esters is 1. The van der Waals surface area contributed by atoms with E-state index in [2.05, 4.69) is 15.2 Å². The number of ether oxygens (including phenoxy) is 4. The van der Waals surface area contributed by atoms with Gasteiger partial charge in [-0.25, -0.2) is 14.2 Å². The summed E-state index contributed by atoms with van der Waals surface area (Å²) in [4.78, 5) is 32.3. The lowest BCUT2D eigenvalue weighted by molar-refractivity contribution is -0.151. The minimum Gasteiger partial charge on any atom is -0.476 e. The number of aromatic nitrogens is 1. The maximum Gasteiger partial charge on any atom is 0.331 e. The van der Waals surface area contributed by atoms with Crippen LogP contribution in [0.2, 0.25) is 0 Å². The summed E-state index contributed by atoms with van der Waals surface area (Å²) in [7, 11) is 1.68. The van der Waals surface area contributed by atoms with Crippen molar-refractivity contribution in [2.75, 3.05) is 58.2 Å². The molecule has 0 aromatic carbocycles. The first-order valence-electron chi connectivity index (χ1n) is 12.5. The first kappa shape index (κ1) is 27.1. The topological polar surface area (TPSA) is 99.2 Å². The fraction of sp³-hybridized carbons (Fsp3) is 0.720. The predicted octanol–water partition coefficient (Wildman–Crippen LogP) is 2.77. The lowest BCUT2D eigenvalue weighted by Crippen LogP contribution is -2.54. The van der Waals surface area contributed by atoms with E-state index in [0.29, 0.717) is 56.9 Å². The van der Waals surface area contributed by atoms with Crippen molar-refractivity contribution in [2.45, 2.75) is 51.7 Å². The van der Waals surface area contributed by atoms with Crippen LogP contribution in [0.3, 0.4) is 0 Å². The Morgan fingerprint density at radius 2 is 1.89 bits per heavy atom. The SMILES string of the molecule is CCOC(=O)C(CC)(CC)NC(=O)c1ccc(N2CC(OC)C2)c(OC[C@H]2C[C@H]2COCCF)n1. The molecule has 1 saturated heterocycles. The standard InChI is InChI=1S/C25H38FN3O6/c1-5-25(6-2,24(31)34-7-3)28-22(30)20-8-9-21(29-13-19(14-29)32-4)23(27-20)35-16-18-12-17(18)15-33-11-10-26/h8-9,17-19H,5-7,10-16H2,1-4H3,(H,28,30)/t17-,18+/m0/s1. The molecule has 0 bridgehead atoms. The molecule has 1 aromatic heterocycles. The summed E-state index contributed by atoms with van der Waals surface area (Å²) >= 11 is 0. The van der Waals surface area contributed by atoms with Gasteiger partial charge in [-0.3, -0.25) is 4.79 Å². The third kappa shape index (κ3) is 6.61. The molecule has 0 unspecified atom stereocenters. The van der Waals surface area contributed by atoms with Crippen LogP contribution in [0.1, 0.15) is 50.5 Å². The molecule has 2 fully saturated rings. The van der Waals surface area contributed by atoms with Crippen LogP contribution in [-0.2, 0) is 19.0 Å². The van der Waals surface area contributed by atoms with Gasteiger partial charge >= 0.3 is 5.97 Å². The summed E-state index contributed by atoms with van der Waals surface area (Å²) < 4.78 is 34.2. The van der Waals surface area contributed by atoms with E-state index < -0.39 is 24.1 Å². The van der Waals surface area contributed by atoms with Crippen molar-refractivity contribution in [3.8, 4) is 5.88 Å². The summed E-state index contributed by atoms with van der Waals surface area (Å²) in [6, 6.07) is 3.46. The van der Waals surface area contributed by atoms with Crippen molar-refractivity contribution in [3.05, 3.63) is 17.8 Å². The second kappa shape index (κ2) is 12.5. The Morgan fingerprint density at radius 1 is 1.17 bits per heavy atom. The van der Waals surface area contributed by atoms with Crippen LogP contribution in [0.25, 0.3) is 0 Å². The fourth-order valence-corrected chi connectivity index (χ4v) is 4.20. The minimum atomic E-state index is -1.11. The van der Waals surface area contributed by atoms with Crippen LogP contribution in [0, 0.1) is 11.8 Å². The average Bonchev–Trinajstić information content (AvgIpc) is 3.59. The summed E-state index contributed by atoms with van der Waals surface area (Å²) in [5.41, 5.74) is -0.150. The van der Waals surface area contributed by atoms with Crippen LogP contribution in [0.5, 0.6) is 5.88 Å². The lowest BCUT2D eigenvalue weighted by atomic mass is 9.92. The van der Waals surface area contributed by atoms with E-state index in [1.54, 1.807) is 20.1 Å². The Morgan fingerprint density at radius 3 is 2.51 bits per heavy atom. The maximum atomic E-state index is 13.1. The molecule has 1 aliphatic heterocycles. The Kier molecular flexibility index (Phi) is 9.68. The molecule has 196 valence electrons. The highest BCUT2D eigenvalue weighted by Crippen LogP contribution is 2.40. The zero-order valence-electron chi connectivity index (χ0n) is 21.2. The number of carbonyl (C=O) groups is 2. The van der Waals surface area contributed by atoms with Gasteiger partial charge in [-0.05, 0) is 50.2 Å². The van der Waals surface area contributed by atoms with Crippen molar-refractivity contribution in [1.29, 1.82) is 0 Å². The maximum absolute atomic E-state index is 13.1. The molecule has 35 heavy (non-hydrogen) atoms. The van der Waals surface area contributed by atoms with E-state index in [1.807, 2.05) is 19.9 Å². The third-order valence-electron chi connectivity index (χ3n) is 6.88. The second-order valence-corrected chi connectivity index (χ2v) is 9.08. The number of amides is 1. The molecule has 10 heteroatoms. The van der Waals surface area contributed by atoms with Gasteiger partial charge in [0.1, 0.15) is 23.6 Å². The Hall–Kier alpha value is -2.46. The number of hydrogen-bond donors (Lipinski definition) is 1. The van der Waals surface area contributed by atoms with Crippen LogP contribution < -0.4 is 15.0 Å². The van der Waals surface area contributed by atoms with Gasteiger partial charge in [0.15, 0.2) is 0 Å². The number of rotatable bonds is 15. The van der Waals surface area contributed by atoms with Crippen molar-refractivity contribution < 1.29 is 32.9 Å². The molecule has 3 rings (SSSR count). The fourth-order valence-electron chi connectivity index (χ4n) is 4.20. The van der Waals surface area contributed by atoms with Crippen LogP contribution in [0.15, 0.2) is 12.1 Å². The van der Waals surface area contributed by atoms with E-state index in [0.717, 1.165) is 12.1 Å². The highest BCUT2D eigenvalue weighted by molar-refractivity contribution is 5.97. The Labute approximate surface area is 206 Å². The van der Waals surface area contributed by atoms with Crippen molar-refractivity contribution in [2.24, 2.45) is 11.8 Å². The number of hydrogen-bond acceptors (Lipinski definition) is 8. The number of alkyl halides is 1. The highest BCUT2D eigenvalue weighted by atomic mass is 19.1. The van der Waals surface area contributed by atoms with Gasteiger partial charge in [0.05, 0.1) is 25.9 Å². The van der Waals surface area contributed by atoms with Gasteiger partial charge in [-0.15, -0.1) is 0 Å². The molecule has 2 heterocycles. The number of halogens is 1. The summed E-state index contributed by atoms with van der Waals surface area (Å²) in [6.45, 7) is 7.66. The monoisotopic (exact) mass is 495 g/mol. The van der Waals surface area contributed by atoms with Crippen LogP contribution in [-0.4, -0.2) is 81.8 Å². The molecule has 1 saturated carbocycles. The quantitative estimate of drug-likeness (QED) is 0.293. The predicted molar refractivity (Wildman–Crippen MR) is 129 cm³/mol. The molecule has 1 aliphatic carbocycles. The molecule has 2 atom stereocenters. The van der Waals surface area contributed by atoms with Crippen molar-refractivity contribution >= 4 is 17.6 Å². The van der Waals surface area contributed by atoms with Gasteiger partial charge < -0.3 is 29.2 Å². The van der Waals surface area contributed by atoms with E-state index in [-0.39, 0.29) is 25.0 Å². The summed E-state index contributed by atoms with van der Waals surface area (Å²) in [5, 5.41) is 2.85. The number of methoxy groups -OCH3 is 1. The van der Waals surface area contributed by atoms with E-state index in [9.17, 15) is 14.0 Å². The Balaban J connectivity index is 1.72. The molecule has 1 N–H and O–H groups in total. The van der Waals surface area contributed by atoms with Gasteiger partial charge in [0.2, 0.25) is 5.88 Å². The molecule has 1 amide bonds. The normalized spacial score (nSPS) is 19.7. The summed E-state index contributed by atoms with van der Waals surface area (Å²) in [5.74, 6) is 0.115. The van der Waals surface area contributed by atoms with E-state index >= 15 is 0 Å². The number of carbonyl (C=O) groups excluding carboxylic acids is 2. The molecular weight excluding hydrogens is 457 g/mol. The van der Waals surface area contributed by atoms with Gasteiger partial charge in [-0.1, -0.05) is 13.8 Å². The largest absolute Gasteiger partial charge is 0.476 e. The van der Waals surface area contributed by atoms with E-state index in [1.165, 1.54) is 0 Å². The highest BCUT2D eigenvalue weighted by Gasteiger charge is 2.40.